The van der Waals surface area contributed by atoms with Crippen LogP contribution in [-0.2, 0) is 13.6 Å². The van der Waals surface area contributed by atoms with E-state index in [9.17, 15) is 4.79 Å². The molecule has 1 aliphatic carbocycles. The van der Waals surface area contributed by atoms with E-state index in [2.05, 4.69) is 13.8 Å². The first-order valence-electron chi connectivity index (χ1n) is 7.96. The van der Waals surface area contributed by atoms with Gasteiger partial charge in [0.25, 0.3) is 5.97 Å². The molecule has 0 aliphatic heterocycles. The third kappa shape index (κ3) is 8.16. The molecule has 0 aromatic rings. The Bertz CT molecular complexity index is 327. The van der Waals surface area contributed by atoms with Crippen LogP contribution in [0, 0.1) is 11.3 Å². The Morgan fingerprint density at radius 3 is 2.38 bits per heavy atom. The van der Waals surface area contributed by atoms with E-state index in [1.807, 2.05) is 27.7 Å². The van der Waals surface area contributed by atoms with E-state index >= 15 is 0 Å². The van der Waals surface area contributed by atoms with Gasteiger partial charge in [0.05, 0.1) is 5.92 Å². The minimum Gasteiger partial charge on any atom is -0.516 e. The molecule has 0 N–H and O–H groups in total. The highest BCUT2D eigenvalue weighted by molar-refractivity contribution is 6.33. The maximum atomic E-state index is 12.0. The zero-order chi connectivity index (χ0) is 16.1. The fourth-order valence-electron chi connectivity index (χ4n) is 2.23. The molecule has 0 spiro atoms. The second kappa shape index (κ2) is 7.93. The highest BCUT2D eigenvalue weighted by atomic mass is 28.2. The van der Waals surface area contributed by atoms with Crippen molar-refractivity contribution < 1.29 is 13.6 Å². The van der Waals surface area contributed by atoms with E-state index < -0.39 is 0 Å². The second-order valence-electron chi connectivity index (χ2n) is 7.94. The van der Waals surface area contributed by atoms with Crippen LogP contribution in [0.25, 0.3) is 0 Å². The van der Waals surface area contributed by atoms with Gasteiger partial charge in [-0.3, -0.25) is 4.79 Å². The quantitative estimate of drug-likeness (QED) is 0.691. The Morgan fingerprint density at radius 2 is 1.86 bits per heavy atom. The third-order valence-electron chi connectivity index (χ3n) is 3.84. The number of carbonyl (C=O) groups excluding carboxylic acids is 1. The highest BCUT2D eigenvalue weighted by Crippen LogP contribution is 2.40. The smallest absolute Gasteiger partial charge is 0.318 e. The predicted molar refractivity (Wildman–Crippen MR) is 88.4 cm³/mol. The van der Waals surface area contributed by atoms with Gasteiger partial charge in [-0.1, -0.05) is 20.8 Å². The molecular weight excluding hydrogens is 296 g/mol. The molecule has 1 saturated carbocycles. The second-order valence-corrected chi connectivity index (χ2v) is 10.1. The molecule has 1 rings (SSSR count). The van der Waals surface area contributed by atoms with Gasteiger partial charge in [-0.15, -0.1) is 0 Å². The minimum atomic E-state index is -0.126. The lowest BCUT2D eigenvalue weighted by molar-refractivity contribution is -0.138. The van der Waals surface area contributed by atoms with Gasteiger partial charge in [-0.05, 0) is 63.5 Å². The van der Waals surface area contributed by atoms with E-state index in [1.54, 1.807) is 0 Å². The summed E-state index contributed by atoms with van der Waals surface area (Å²) in [4.78, 5) is 12.0. The van der Waals surface area contributed by atoms with E-state index in [0.717, 1.165) is 6.04 Å². The number of hydrogen-bond donors (Lipinski definition) is 0. The maximum absolute atomic E-state index is 12.0. The number of rotatable bonds is 6. The summed E-state index contributed by atoms with van der Waals surface area (Å²) in [5.74, 6) is -0.110. The van der Waals surface area contributed by atoms with Crippen molar-refractivity contribution in [2.24, 2.45) is 11.3 Å². The molecule has 0 aromatic carbocycles. The summed E-state index contributed by atoms with van der Waals surface area (Å²) in [5.41, 5.74) is 0.935. The van der Waals surface area contributed by atoms with Gasteiger partial charge in [0, 0.05) is 5.60 Å². The molecule has 120 valence electrons. The molecule has 4 radical (unpaired) electrons. The van der Waals surface area contributed by atoms with Crippen LogP contribution in [0.3, 0.4) is 0 Å². The van der Waals surface area contributed by atoms with E-state index in [1.165, 1.54) is 25.7 Å². The Morgan fingerprint density at radius 1 is 1.29 bits per heavy atom. The van der Waals surface area contributed by atoms with Crippen LogP contribution >= 0.6 is 0 Å². The summed E-state index contributed by atoms with van der Waals surface area (Å²) in [6.45, 7) is 12.7. The van der Waals surface area contributed by atoms with Crippen molar-refractivity contribution in [1.82, 2.24) is 0 Å². The van der Waals surface area contributed by atoms with Crippen molar-refractivity contribution in [1.29, 1.82) is 0 Å². The monoisotopic (exact) mass is 326 g/mol. The maximum Gasteiger partial charge on any atom is 0.318 e. The first-order chi connectivity index (χ1) is 9.59. The average Bonchev–Trinajstić information content (AvgIpc) is 2.35. The standard InChI is InChI=1S/C16H30O3Si2/c1-12(11-20-19-15(2,3)4)14(17)18-21-13-7-9-16(5,6)10-8-13/h12-13H,7-11H2,1-6H3. The molecule has 0 saturated heterocycles. The largest absolute Gasteiger partial charge is 0.516 e. The summed E-state index contributed by atoms with van der Waals surface area (Å²) >= 11 is 0. The molecule has 0 amide bonds. The van der Waals surface area contributed by atoms with Crippen molar-refractivity contribution >= 4 is 25.5 Å². The van der Waals surface area contributed by atoms with Crippen LogP contribution in [0.1, 0.15) is 67.2 Å². The van der Waals surface area contributed by atoms with Crippen molar-refractivity contribution in [2.75, 3.05) is 0 Å². The molecule has 21 heavy (non-hydrogen) atoms. The zero-order valence-corrected chi connectivity index (χ0v) is 16.4. The first-order valence-corrected chi connectivity index (χ1v) is 10.1. The molecule has 0 bridgehead atoms. The summed E-state index contributed by atoms with van der Waals surface area (Å²) in [5, 5.41) is 0. The fourth-order valence-corrected chi connectivity index (χ4v) is 4.17. The third-order valence-corrected chi connectivity index (χ3v) is 6.60. The van der Waals surface area contributed by atoms with E-state index in [-0.39, 0.29) is 17.5 Å². The SMILES string of the molecule is CC(C[Si]OC(C)(C)C)C(=O)O[Si]C1CCC(C)(C)CC1. The molecule has 0 heterocycles. The van der Waals surface area contributed by atoms with Gasteiger partial charge < -0.3 is 8.85 Å². The van der Waals surface area contributed by atoms with E-state index in [0.29, 0.717) is 30.5 Å². The molecule has 0 aromatic heterocycles. The minimum absolute atomic E-state index is 0.0526. The molecule has 1 unspecified atom stereocenters. The topological polar surface area (TPSA) is 35.5 Å². The van der Waals surface area contributed by atoms with Gasteiger partial charge in [-0.25, -0.2) is 0 Å². The van der Waals surface area contributed by atoms with Gasteiger partial charge in [-0.2, -0.15) is 0 Å². The Hall–Kier alpha value is -0.136. The molecular formula is C16H30O3Si2. The van der Waals surface area contributed by atoms with Gasteiger partial charge in [0.1, 0.15) is 0 Å². The lowest BCUT2D eigenvalue weighted by Gasteiger charge is -2.33. The average molecular weight is 327 g/mol. The first kappa shape index (κ1) is 18.9. The van der Waals surface area contributed by atoms with Gasteiger partial charge >= 0.3 is 9.76 Å². The van der Waals surface area contributed by atoms with Crippen molar-refractivity contribution in [3.05, 3.63) is 0 Å². The number of carbonyl (C=O) groups is 1. The highest BCUT2D eigenvalue weighted by Gasteiger charge is 2.29. The molecule has 1 atom stereocenters. The molecule has 1 aliphatic rings. The lowest BCUT2D eigenvalue weighted by atomic mass is 9.77. The Labute approximate surface area is 135 Å². The summed E-state index contributed by atoms with van der Waals surface area (Å²) in [6, 6.07) is 0.762. The Balaban J connectivity index is 2.18. The van der Waals surface area contributed by atoms with Gasteiger partial charge in [0.2, 0.25) is 9.76 Å². The molecule has 1 fully saturated rings. The summed E-state index contributed by atoms with van der Waals surface area (Å²) < 4.78 is 11.2. The van der Waals surface area contributed by atoms with E-state index in [4.69, 9.17) is 8.85 Å². The van der Waals surface area contributed by atoms with Crippen LogP contribution in [0.5, 0.6) is 0 Å². The van der Waals surface area contributed by atoms with Crippen LogP contribution in [0.15, 0.2) is 0 Å². The number of hydrogen-bond acceptors (Lipinski definition) is 3. The van der Waals surface area contributed by atoms with Crippen LogP contribution in [-0.4, -0.2) is 31.1 Å². The molecule has 3 nitrogen and oxygen atoms in total. The fraction of sp³-hybridized carbons (Fsp3) is 0.938. The van der Waals surface area contributed by atoms with Crippen molar-refractivity contribution in [2.45, 2.75) is 84.4 Å². The van der Waals surface area contributed by atoms with Crippen molar-refractivity contribution in [3.63, 3.8) is 0 Å². The predicted octanol–water partition coefficient (Wildman–Crippen LogP) is 4.03. The lowest BCUT2D eigenvalue weighted by Crippen LogP contribution is -2.27. The zero-order valence-electron chi connectivity index (χ0n) is 14.4. The van der Waals surface area contributed by atoms with Crippen molar-refractivity contribution in [3.8, 4) is 0 Å². The molecule has 5 heteroatoms. The van der Waals surface area contributed by atoms with Crippen LogP contribution in [0.2, 0.25) is 11.6 Å². The Kier molecular flexibility index (Phi) is 7.14. The van der Waals surface area contributed by atoms with Gasteiger partial charge in [0.15, 0.2) is 0 Å². The van der Waals surface area contributed by atoms with Crippen LogP contribution in [0.4, 0.5) is 0 Å². The van der Waals surface area contributed by atoms with Crippen LogP contribution < -0.4 is 0 Å². The summed E-state index contributed by atoms with van der Waals surface area (Å²) in [6.07, 6.45) is 4.89. The summed E-state index contributed by atoms with van der Waals surface area (Å²) in [7, 11) is 0.700. The normalized spacial score (nSPS) is 21.0.